The van der Waals surface area contributed by atoms with Gasteiger partial charge in [0.15, 0.2) is 16.6 Å². The third-order valence-corrected chi connectivity index (χ3v) is 6.88. The highest BCUT2D eigenvalue weighted by molar-refractivity contribution is 7.92. The molecule has 1 aromatic heterocycles. The highest BCUT2D eigenvalue weighted by Gasteiger charge is 2.16. The standard InChI is InChI=1S/C22H19N3O5S2/c1-29-18-12-17-20(13-19(18)30-2)31-22(23-17)24-21(26)14-7-6-8-15(11-14)25-32(27,28)16-9-4-3-5-10-16/h3-13,25H,1-2H3,(H,23,24,26). The minimum Gasteiger partial charge on any atom is -0.493 e. The number of anilines is 2. The van der Waals surface area contributed by atoms with Crippen LogP contribution in [-0.2, 0) is 10.0 Å². The van der Waals surface area contributed by atoms with Crippen molar-refractivity contribution in [1.29, 1.82) is 0 Å². The highest BCUT2D eigenvalue weighted by Crippen LogP contribution is 2.36. The molecule has 0 unspecified atom stereocenters. The van der Waals surface area contributed by atoms with Crippen LogP contribution in [0.25, 0.3) is 10.2 Å². The lowest BCUT2D eigenvalue weighted by atomic mass is 10.2. The number of nitrogens with one attached hydrogen (secondary N) is 2. The second-order valence-electron chi connectivity index (χ2n) is 6.65. The fraction of sp³-hybridized carbons (Fsp3) is 0.0909. The summed E-state index contributed by atoms with van der Waals surface area (Å²) < 4.78 is 39.0. The van der Waals surface area contributed by atoms with Gasteiger partial charge in [-0.05, 0) is 30.3 Å². The molecule has 1 amide bonds. The van der Waals surface area contributed by atoms with Gasteiger partial charge in [-0.2, -0.15) is 0 Å². The number of ether oxygens (including phenoxy) is 2. The molecule has 0 aliphatic rings. The smallest absolute Gasteiger partial charge is 0.261 e. The zero-order valence-corrected chi connectivity index (χ0v) is 18.8. The number of sulfonamides is 1. The van der Waals surface area contributed by atoms with Gasteiger partial charge in [0.2, 0.25) is 0 Å². The molecule has 4 aromatic rings. The number of methoxy groups -OCH3 is 2. The van der Waals surface area contributed by atoms with Gasteiger partial charge >= 0.3 is 0 Å². The molecule has 2 N–H and O–H groups in total. The summed E-state index contributed by atoms with van der Waals surface area (Å²) >= 11 is 1.29. The summed E-state index contributed by atoms with van der Waals surface area (Å²) in [6.07, 6.45) is 0. The van der Waals surface area contributed by atoms with Gasteiger partial charge in [0.1, 0.15) is 0 Å². The van der Waals surface area contributed by atoms with Crippen LogP contribution < -0.4 is 19.5 Å². The van der Waals surface area contributed by atoms with Gasteiger partial charge in [0.05, 0.1) is 29.3 Å². The molecule has 0 radical (unpaired) electrons. The second kappa shape index (κ2) is 8.85. The van der Waals surface area contributed by atoms with E-state index >= 15 is 0 Å². The number of nitrogens with zero attached hydrogens (tertiary/aromatic N) is 1. The molecule has 0 fully saturated rings. The number of hydrogen-bond donors (Lipinski definition) is 2. The van der Waals surface area contributed by atoms with Crippen molar-refractivity contribution in [1.82, 2.24) is 4.98 Å². The van der Waals surface area contributed by atoms with Crippen molar-refractivity contribution < 1.29 is 22.7 Å². The van der Waals surface area contributed by atoms with Crippen LogP contribution in [0.3, 0.4) is 0 Å². The maximum atomic E-state index is 12.8. The number of benzene rings is 3. The van der Waals surface area contributed by atoms with E-state index < -0.39 is 15.9 Å². The lowest BCUT2D eigenvalue weighted by Gasteiger charge is -2.09. The first-order valence-corrected chi connectivity index (χ1v) is 11.7. The van der Waals surface area contributed by atoms with Gasteiger partial charge in [-0.1, -0.05) is 35.6 Å². The zero-order valence-electron chi connectivity index (χ0n) is 17.2. The third kappa shape index (κ3) is 4.51. The Morgan fingerprint density at radius 2 is 1.66 bits per heavy atom. The van der Waals surface area contributed by atoms with E-state index in [0.717, 1.165) is 4.70 Å². The fourth-order valence-electron chi connectivity index (χ4n) is 3.02. The SMILES string of the molecule is COc1cc2nc(NC(=O)c3cccc(NS(=O)(=O)c4ccccc4)c3)sc2cc1OC. The predicted octanol–water partition coefficient (Wildman–Crippen LogP) is 4.37. The Kier molecular flexibility index (Phi) is 5.97. The number of hydrogen-bond acceptors (Lipinski definition) is 7. The molecule has 0 saturated heterocycles. The first-order valence-electron chi connectivity index (χ1n) is 9.41. The molecule has 32 heavy (non-hydrogen) atoms. The second-order valence-corrected chi connectivity index (χ2v) is 9.36. The molecule has 0 atom stereocenters. The average molecular weight is 470 g/mol. The van der Waals surface area contributed by atoms with Crippen LogP contribution in [-0.4, -0.2) is 33.5 Å². The first-order chi connectivity index (χ1) is 15.4. The molecule has 0 saturated carbocycles. The molecule has 0 aliphatic carbocycles. The molecule has 4 rings (SSSR count). The van der Waals surface area contributed by atoms with Crippen molar-refractivity contribution in [3.8, 4) is 11.5 Å². The molecule has 0 bridgehead atoms. The summed E-state index contributed by atoms with van der Waals surface area (Å²) in [4.78, 5) is 17.3. The van der Waals surface area contributed by atoms with E-state index in [1.165, 1.54) is 36.6 Å². The molecular weight excluding hydrogens is 450 g/mol. The van der Waals surface area contributed by atoms with Crippen molar-refractivity contribution in [2.75, 3.05) is 24.3 Å². The van der Waals surface area contributed by atoms with Gasteiger partial charge in [-0.3, -0.25) is 14.8 Å². The summed E-state index contributed by atoms with van der Waals surface area (Å²) in [6, 6.07) is 17.8. The lowest BCUT2D eigenvalue weighted by Crippen LogP contribution is -2.15. The van der Waals surface area contributed by atoms with Crippen LogP contribution in [0.2, 0.25) is 0 Å². The molecule has 0 aliphatic heterocycles. The number of carbonyl (C=O) groups is 1. The Morgan fingerprint density at radius 1 is 0.938 bits per heavy atom. The minimum atomic E-state index is -3.76. The first kappa shape index (κ1) is 21.6. The number of carbonyl (C=O) groups excluding carboxylic acids is 1. The van der Waals surface area contributed by atoms with Crippen molar-refractivity contribution in [3.05, 3.63) is 72.3 Å². The third-order valence-electron chi connectivity index (χ3n) is 4.54. The van der Waals surface area contributed by atoms with E-state index in [1.807, 2.05) is 0 Å². The van der Waals surface area contributed by atoms with E-state index in [4.69, 9.17) is 9.47 Å². The maximum absolute atomic E-state index is 12.8. The van der Waals surface area contributed by atoms with Crippen LogP contribution in [0.15, 0.2) is 71.6 Å². The van der Waals surface area contributed by atoms with E-state index in [-0.39, 0.29) is 16.1 Å². The Labute approximate surface area is 188 Å². The summed E-state index contributed by atoms with van der Waals surface area (Å²) in [5.74, 6) is 0.699. The predicted molar refractivity (Wildman–Crippen MR) is 124 cm³/mol. The largest absolute Gasteiger partial charge is 0.493 e. The monoisotopic (exact) mass is 469 g/mol. The normalized spacial score (nSPS) is 11.2. The molecule has 10 heteroatoms. The summed E-state index contributed by atoms with van der Waals surface area (Å²) in [6.45, 7) is 0. The topological polar surface area (TPSA) is 107 Å². The number of amides is 1. The molecule has 8 nitrogen and oxygen atoms in total. The molecule has 1 heterocycles. The van der Waals surface area contributed by atoms with E-state index in [0.29, 0.717) is 22.1 Å². The van der Waals surface area contributed by atoms with Crippen LogP contribution in [0.4, 0.5) is 10.8 Å². The Bertz CT molecular complexity index is 1340. The van der Waals surface area contributed by atoms with Crippen molar-refractivity contribution >= 4 is 48.3 Å². The maximum Gasteiger partial charge on any atom is 0.261 e. The quantitative estimate of drug-likeness (QED) is 0.416. The zero-order chi connectivity index (χ0) is 22.7. The van der Waals surface area contributed by atoms with E-state index in [9.17, 15) is 13.2 Å². The molecule has 0 spiro atoms. The van der Waals surface area contributed by atoms with Crippen molar-refractivity contribution in [3.63, 3.8) is 0 Å². The van der Waals surface area contributed by atoms with Gasteiger partial charge in [0.25, 0.3) is 15.9 Å². The molecular formula is C22H19N3O5S2. The Balaban J connectivity index is 1.54. The Morgan fingerprint density at radius 3 is 2.38 bits per heavy atom. The number of rotatable bonds is 7. The molecule has 164 valence electrons. The van der Waals surface area contributed by atoms with Crippen LogP contribution in [0.5, 0.6) is 11.5 Å². The van der Waals surface area contributed by atoms with E-state index in [1.54, 1.807) is 55.6 Å². The number of aromatic nitrogens is 1. The van der Waals surface area contributed by atoms with Gasteiger partial charge in [-0.25, -0.2) is 13.4 Å². The van der Waals surface area contributed by atoms with Crippen LogP contribution in [0, 0.1) is 0 Å². The lowest BCUT2D eigenvalue weighted by molar-refractivity contribution is 0.102. The van der Waals surface area contributed by atoms with Crippen LogP contribution >= 0.6 is 11.3 Å². The molecule has 3 aromatic carbocycles. The summed E-state index contributed by atoms with van der Waals surface area (Å²) in [5, 5.41) is 3.15. The van der Waals surface area contributed by atoms with Crippen LogP contribution in [0.1, 0.15) is 10.4 Å². The number of thiazole rings is 1. The van der Waals surface area contributed by atoms with Gasteiger partial charge < -0.3 is 9.47 Å². The number of fused-ring (bicyclic) bond motifs is 1. The van der Waals surface area contributed by atoms with Crippen molar-refractivity contribution in [2.45, 2.75) is 4.90 Å². The Hall–Kier alpha value is -3.63. The van der Waals surface area contributed by atoms with Gasteiger partial charge in [-0.15, -0.1) is 0 Å². The average Bonchev–Trinajstić information content (AvgIpc) is 3.19. The van der Waals surface area contributed by atoms with E-state index in [2.05, 4.69) is 15.0 Å². The fourth-order valence-corrected chi connectivity index (χ4v) is 4.96. The highest BCUT2D eigenvalue weighted by atomic mass is 32.2. The minimum absolute atomic E-state index is 0.134. The summed E-state index contributed by atoms with van der Waals surface area (Å²) in [7, 11) is -0.674. The van der Waals surface area contributed by atoms with Gasteiger partial charge in [0, 0.05) is 23.4 Å². The van der Waals surface area contributed by atoms with Crippen molar-refractivity contribution in [2.24, 2.45) is 0 Å². The summed E-state index contributed by atoms with van der Waals surface area (Å²) in [5.41, 5.74) is 1.22.